The van der Waals surface area contributed by atoms with E-state index in [4.69, 9.17) is 4.99 Å². The highest BCUT2D eigenvalue weighted by Crippen LogP contribution is 2.48. The van der Waals surface area contributed by atoms with Crippen molar-refractivity contribution < 1.29 is 9.90 Å². The van der Waals surface area contributed by atoms with Crippen molar-refractivity contribution in [1.29, 1.82) is 0 Å². The maximum atomic E-state index is 12.6. The standard InChI is InChI=1S/C46H62N3O2/c1-11-13-15-28-49-39-24-20-33(6)30-37(39)46(9,10)41(49)26-22-35-18-16-17-34(43(35)47-42(31(3)4)44(50)51)21-25-40-45(7,8)36-29-32(5)19-23-38(36)48(40)27-14-12-2/h19-26,29-31,42H,5,11-18,27-28H2,1-4,6-10H3,(H,50,51)/q-1/b25-21+,35-22+,41-26-,47-43?. The minimum atomic E-state index is -0.870. The lowest BCUT2D eigenvalue weighted by atomic mass is 9.77. The molecule has 1 N–H and O–H groups in total. The first-order valence-corrected chi connectivity index (χ1v) is 19.5. The Hall–Kier alpha value is -3.99. The molecule has 1 saturated carbocycles. The van der Waals surface area contributed by atoms with Crippen LogP contribution in [-0.4, -0.2) is 35.9 Å². The van der Waals surface area contributed by atoms with Crippen molar-refractivity contribution in [3.63, 3.8) is 0 Å². The van der Waals surface area contributed by atoms with Gasteiger partial charge in [-0.1, -0.05) is 142 Å². The zero-order valence-electron chi connectivity index (χ0n) is 32.9. The molecule has 5 heteroatoms. The number of anilines is 1. The Kier molecular flexibility index (Phi) is 11.8. The first kappa shape index (κ1) is 38.2. The molecule has 1 aliphatic carbocycles. The Labute approximate surface area is 308 Å². The molecule has 0 amide bonds. The highest BCUT2D eigenvalue weighted by molar-refractivity contribution is 6.13. The number of carbonyl (C=O) groups is 1. The summed E-state index contributed by atoms with van der Waals surface area (Å²) >= 11 is 0. The topological polar surface area (TPSA) is 55.9 Å². The summed E-state index contributed by atoms with van der Waals surface area (Å²) in [6.45, 7) is 26.1. The van der Waals surface area contributed by atoms with Crippen LogP contribution in [0.25, 0.3) is 6.58 Å². The number of benzene rings is 2. The molecule has 1 unspecified atom stereocenters. The van der Waals surface area contributed by atoms with Crippen LogP contribution in [0.3, 0.4) is 0 Å². The molecule has 2 aromatic carbocycles. The van der Waals surface area contributed by atoms with E-state index in [0.29, 0.717) is 0 Å². The van der Waals surface area contributed by atoms with E-state index in [1.807, 2.05) is 13.8 Å². The number of rotatable bonds is 13. The number of hydrogen-bond donors (Lipinski definition) is 1. The van der Waals surface area contributed by atoms with Gasteiger partial charge in [-0.2, -0.15) is 5.92 Å². The molecule has 0 spiro atoms. The predicted molar refractivity (Wildman–Crippen MR) is 216 cm³/mol. The molecular weight excluding hydrogens is 627 g/mol. The van der Waals surface area contributed by atoms with Gasteiger partial charge in [0.1, 0.15) is 17.9 Å². The maximum absolute atomic E-state index is 12.6. The highest BCUT2D eigenvalue weighted by Gasteiger charge is 2.40. The lowest BCUT2D eigenvalue weighted by molar-refractivity contribution is -0.139. The van der Waals surface area contributed by atoms with Gasteiger partial charge in [0, 0.05) is 41.2 Å². The lowest BCUT2D eigenvalue weighted by Crippen LogP contribution is -2.33. The van der Waals surface area contributed by atoms with E-state index >= 15 is 0 Å². The van der Waals surface area contributed by atoms with Crippen molar-refractivity contribution >= 4 is 23.9 Å². The number of nitrogens with zero attached hydrogens (tertiary/aromatic N) is 3. The summed E-state index contributed by atoms with van der Waals surface area (Å²) in [5.41, 5.74) is 8.20. The van der Waals surface area contributed by atoms with E-state index < -0.39 is 12.0 Å². The van der Waals surface area contributed by atoms with Gasteiger partial charge in [-0.25, -0.2) is 10.9 Å². The molecular formula is C46H62N3O2-. The van der Waals surface area contributed by atoms with Crippen LogP contribution < -0.4 is 20.1 Å². The van der Waals surface area contributed by atoms with E-state index in [9.17, 15) is 9.90 Å². The monoisotopic (exact) mass is 688 g/mol. The van der Waals surface area contributed by atoms with Gasteiger partial charge >= 0.3 is 5.97 Å². The zero-order valence-corrected chi connectivity index (χ0v) is 32.9. The second-order valence-electron chi connectivity index (χ2n) is 16.3. The number of aliphatic imine (C=N–C) groups is 1. The number of carboxylic acid groups (broad SMARTS) is 1. The molecule has 51 heavy (non-hydrogen) atoms. The number of unbranched alkanes of at least 4 members (excludes halogenated alkanes) is 3. The molecule has 0 bridgehead atoms. The van der Waals surface area contributed by atoms with Crippen LogP contribution in [-0.2, 0) is 15.6 Å². The number of allylic oxidation sites excluding steroid dienone is 5. The van der Waals surface area contributed by atoms with Gasteiger partial charge in [-0.3, -0.25) is 11.1 Å². The normalized spacial score (nSPS) is 21.1. The van der Waals surface area contributed by atoms with Crippen LogP contribution in [0, 0.1) is 24.8 Å². The molecule has 1 atom stereocenters. The van der Waals surface area contributed by atoms with E-state index in [1.165, 1.54) is 52.3 Å². The fourth-order valence-electron chi connectivity index (χ4n) is 8.22. The van der Waals surface area contributed by atoms with Gasteiger partial charge in [0.05, 0.1) is 0 Å². The van der Waals surface area contributed by atoms with Crippen LogP contribution in [0.5, 0.6) is 0 Å². The van der Waals surface area contributed by atoms with Gasteiger partial charge in [-0.05, 0) is 47.7 Å². The smallest absolute Gasteiger partial charge is 0.328 e. The van der Waals surface area contributed by atoms with Crippen LogP contribution in [0.4, 0.5) is 5.69 Å². The fourth-order valence-corrected chi connectivity index (χ4v) is 8.22. The van der Waals surface area contributed by atoms with E-state index in [0.717, 1.165) is 74.0 Å². The minimum Gasteiger partial charge on any atom is -0.480 e. The third-order valence-corrected chi connectivity index (χ3v) is 11.3. The highest BCUT2D eigenvalue weighted by atomic mass is 16.4. The molecule has 0 radical (unpaired) electrons. The summed E-state index contributed by atoms with van der Waals surface area (Å²) in [6, 6.07) is 13.9. The molecule has 2 heterocycles. The SMILES string of the molecule is C=c1ccc2c(c1)C(C)(C)[C-](/C=C/[C-]1CCC/C(=C\C=C3/N(CCCCC)c4ccc(C)cc4C3(C)C)C1=NC(C(=O)O)C(C)C)[N+]=2CCCC. The molecule has 2 aliphatic heterocycles. The van der Waals surface area contributed by atoms with Crippen molar-refractivity contribution in [2.24, 2.45) is 10.9 Å². The van der Waals surface area contributed by atoms with E-state index in [2.05, 4.69) is 125 Å². The molecule has 0 saturated heterocycles. The third-order valence-electron chi connectivity index (χ3n) is 11.3. The second-order valence-corrected chi connectivity index (χ2v) is 16.3. The molecule has 0 aromatic heterocycles. The van der Waals surface area contributed by atoms with Crippen molar-refractivity contribution in [3.05, 3.63) is 111 Å². The summed E-state index contributed by atoms with van der Waals surface area (Å²) in [7, 11) is 0. The second kappa shape index (κ2) is 15.7. The van der Waals surface area contributed by atoms with Crippen molar-refractivity contribution in [2.45, 2.75) is 131 Å². The van der Waals surface area contributed by atoms with Crippen molar-refractivity contribution in [3.8, 4) is 0 Å². The average molecular weight is 689 g/mol. The summed E-state index contributed by atoms with van der Waals surface area (Å²) in [5, 5.41) is 12.6. The largest absolute Gasteiger partial charge is 0.480 e. The van der Waals surface area contributed by atoms with Crippen LogP contribution in [0.1, 0.15) is 123 Å². The number of aliphatic carboxylic acids is 1. The first-order valence-electron chi connectivity index (χ1n) is 19.5. The van der Waals surface area contributed by atoms with Crippen molar-refractivity contribution in [2.75, 3.05) is 18.0 Å². The van der Waals surface area contributed by atoms with E-state index in [-0.39, 0.29) is 16.7 Å². The number of hydrogen-bond acceptors (Lipinski definition) is 3. The van der Waals surface area contributed by atoms with Gasteiger partial charge in [0.2, 0.25) is 0 Å². The minimum absolute atomic E-state index is 0.124. The number of aryl methyl sites for hydroxylation is 1. The average Bonchev–Trinajstić information content (AvgIpc) is 3.41. The summed E-state index contributed by atoms with van der Waals surface area (Å²) in [5.74, 6) is 0.126. The fraction of sp³-hybridized carbons (Fsp3) is 0.500. The summed E-state index contributed by atoms with van der Waals surface area (Å²) in [4.78, 5) is 20.2. The van der Waals surface area contributed by atoms with Gasteiger partial charge in [-0.15, -0.1) is 11.6 Å². The van der Waals surface area contributed by atoms with Crippen LogP contribution in [0.2, 0.25) is 0 Å². The molecule has 3 aliphatic rings. The molecule has 2 aromatic rings. The molecule has 5 rings (SSSR count). The Morgan fingerprint density at radius 1 is 1.02 bits per heavy atom. The number of fused-ring (bicyclic) bond motifs is 2. The van der Waals surface area contributed by atoms with Crippen molar-refractivity contribution in [1.82, 2.24) is 4.58 Å². The van der Waals surface area contributed by atoms with Gasteiger partial charge in [0.15, 0.2) is 0 Å². The predicted octanol–water partition coefficient (Wildman–Crippen LogP) is 9.18. The summed E-state index contributed by atoms with van der Waals surface area (Å²) in [6.07, 6.45) is 17.6. The van der Waals surface area contributed by atoms with Crippen LogP contribution in [0.15, 0.2) is 77.0 Å². The van der Waals surface area contributed by atoms with Gasteiger partial charge < -0.3 is 14.6 Å². The van der Waals surface area contributed by atoms with Crippen LogP contribution >= 0.6 is 0 Å². The first-order chi connectivity index (χ1) is 24.2. The molecule has 5 nitrogen and oxygen atoms in total. The molecule has 274 valence electrons. The quantitative estimate of drug-likeness (QED) is 0.130. The maximum Gasteiger partial charge on any atom is 0.328 e. The Bertz CT molecular complexity index is 1840. The third kappa shape index (κ3) is 7.78. The van der Waals surface area contributed by atoms with E-state index in [1.54, 1.807) is 0 Å². The Balaban J connectivity index is 1.58. The Morgan fingerprint density at radius 2 is 1.76 bits per heavy atom. The summed E-state index contributed by atoms with van der Waals surface area (Å²) < 4.78 is 2.49. The molecule has 1 fully saturated rings. The lowest BCUT2D eigenvalue weighted by Gasteiger charge is -2.38. The van der Waals surface area contributed by atoms with Gasteiger partial charge in [0.25, 0.3) is 0 Å². The Morgan fingerprint density at radius 3 is 2.45 bits per heavy atom. The zero-order chi connectivity index (χ0) is 37.1. The number of carboxylic acids is 1.